The van der Waals surface area contributed by atoms with Crippen LogP contribution in [0.2, 0.25) is 0 Å². The van der Waals surface area contributed by atoms with Crippen LogP contribution in [0.15, 0.2) is 84.6 Å². The van der Waals surface area contributed by atoms with Gasteiger partial charge in [0.1, 0.15) is 17.3 Å². The number of halogens is 2. The highest BCUT2D eigenvalue weighted by atomic mass is 19.1. The third-order valence-corrected chi connectivity index (χ3v) is 4.93. The topological polar surface area (TPSA) is 40.6 Å². The molecule has 4 nitrogen and oxygen atoms in total. The SMILES string of the molecule is CCN(C1=C(c2ccc(F)cc2)C(=O)N(c2ccc(F)cc2)C1=O)c1ccccc1. The van der Waals surface area contributed by atoms with Gasteiger partial charge in [0.25, 0.3) is 11.8 Å². The zero-order chi connectivity index (χ0) is 21.3. The Morgan fingerprint density at radius 1 is 0.767 bits per heavy atom. The predicted octanol–water partition coefficient (Wildman–Crippen LogP) is 4.78. The maximum atomic E-state index is 13.5. The first-order chi connectivity index (χ1) is 14.5. The summed E-state index contributed by atoms with van der Waals surface area (Å²) in [6.45, 7) is 2.31. The zero-order valence-electron chi connectivity index (χ0n) is 16.2. The van der Waals surface area contributed by atoms with Crippen molar-refractivity contribution in [2.24, 2.45) is 0 Å². The monoisotopic (exact) mass is 404 g/mol. The van der Waals surface area contributed by atoms with Crippen LogP contribution in [0.4, 0.5) is 20.2 Å². The summed E-state index contributed by atoms with van der Waals surface area (Å²) < 4.78 is 26.9. The van der Waals surface area contributed by atoms with Crippen molar-refractivity contribution in [1.82, 2.24) is 0 Å². The Bertz CT molecular complexity index is 1120. The molecular weight excluding hydrogens is 386 g/mol. The van der Waals surface area contributed by atoms with Crippen LogP contribution in [0.25, 0.3) is 5.57 Å². The minimum absolute atomic E-state index is 0.176. The Morgan fingerprint density at radius 3 is 1.90 bits per heavy atom. The number of para-hydroxylation sites is 1. The number of likely N-dealkylation sites (N-methyl/N-ethyl adjacent to an activating group) is 1. The third kappa shape index (κ3) is 3.37. The van der Waals surface area contributed by atoms with Gasteiger partial charge in [-0.15, -0.1) is 0 Å². The second-order valence-electron chi connectivity index (χ2n) is 6.73. The lowest BCUT2D eigenvalue weighted by Crippen LogP contribution is -2.35. The normalized spacial score (nSPS) is 13.9. The zero-order valence-corrected chi connectivity index (χ0v) is 16.2. The summed E-state index contributed by atoms with van der Waals surface area (Å²) in [4.78, 5) is 29.6. The highest BCUT2D eigenvalue weighted by Crippen LogP contribution is 2.36. The van der Waals surface area contributed by atoms with Crippen LogP contribution < -0.4 is 9.80 Å². The van der Waals surface area contributed by atoms with E-state index in [-0.39, 0.29) is 17.0 Å². The first-order valence-electron chi connectivity index (χ1n) is 9.48. The molecule has 0 N–H and O–H groups in total. The van der Waals surface area contributed by atoms with Gasteiger partial charge in [0.15, 0.2) is 0 Å². The van der Waals surface area contributed by atoms with Gasteiger partial charge in [0, 0.05) is 12.2 Å². The van der Waals surface area contributed by atoms with Crippen molar-refractivity contribution in [2.75, 3.05) is 16.3 Å². The maximum absolute atomic E-state index is 13.5. The number of hydrogen-bond donors (Lipinski definition) is 0. The average Bonchev–Trinajstić information content (AvgIpc) is 3.01. The molecule has 0 fully saturated rings. The van der Waals surface area contributed by atoms with Crippen molar-refractivity contribution in [3.8, 4) is 0 Å². The quantitative estimate of drug-likeness (QED) is 0.575. The van der Waals surface area contributed by atoms with Crippen LogP contribution in [0, 0.1) is 11.6 Å². The molecule has 30 heavy (non-hydrogen) atoms. The number of nitrogens with zero attached hydrogens (tertiary/aromatic N) is 2. The van der Waals surface area contributed by atoms with Crippen molar-refractivity contribution in [2.45, 2.75) is 6.92 Å². The minimum Gasteiger partial charge on any atom is -0.337 e. The Kier molecular flexibility index (Phi) is 5.14. The van der Waals surface area contributed by atoms with Crippen molar-refractivity contribution < 1.29 is 18.4 Å². The van der Waals surface area contributed by atoms with Gasteiger partial charge in [-0.1, -0.05) is 30.3 Å². The van der Waals surface area contributed by atoms with Crippen LogP contribution in [-0.4, -0.2) is 18.4 Å². The Morgan fingerprint density at radius 2 is 1.33 bits per heavy atom. The second kappa shape index (κ2) is 7.91. The summed E-state index contributed by atoms with van der Waals surface area (Å²) >= 11 is 0. The van der Waals surface area contributed by atoms with Gasteiger partial charge < -0.3 is 4.90 Å². The molecule has 1 aliphatic rings. The number of carbonyl (C=O) groups excluding carboxylic acids is 2. The first kappa shape index (κ1) is 19.5. The average molecular weight is 404 g/mol. The molecule has 1 aliphatic heterocycles. The number of hydrogen-bond acceptors (Lipinski definition) is 3. The highest BCUT2D eigenvalue weighted by molar-refractivity contribution is 6.46. The summed E-state index contributed by atoms with van der Waals surface area (Å²) in [7, 11) is 0. The standard InChI is InChI=1S/C24H18F2N2O2/c1-2-27(19-6-4-3-5-7-19)22-21(16-8-10-17(25)11-9-16)23(29)28(24(22)30)20-14-12-18(26)13-15-20/h3-15H,2H2,1H3. The van der Waals surface area contributed by atoms with Crippen LogP contribution in [-0.2, 0) is 9.59 Å². The van der Waals surface area contributed by atoms with E-state index in [2.05, 4.69) is 0 Å². The molecule has 0 aliphatic carbocycles. The van der Waals surface area contributed by atoms with Crippen LogP contribution in [0.1, 0.15) is 12.5 Å². The smallest absolute Gasteiger partial charge is 0.282 e. The Labute approximate surface area is 172 Å². The lowest BCUT2D eigenvalue weighted by atomic mass is 10.0. The van der Waals surface area contributed by atoms with Gasteiger partial charge in [0.2, 0.25) is 0 Å². The minimum atomic E-state index is -0.539. The lowest BCUT2D eigenvalue weighted by Gasteiger charge is -2.25. The number of amides is 2. The van der Waals surface area contributed by atoms with Crippen molar-refractivity contribution in [1.29, 1.82) is 0 Å². The highest BCUT2D eigenvalue weighted by Gasteiger charge is 2.42. The Balaban J connectivity index is 1.90. The molecule has 0 radical (unpaired) electrons. The molecule has 0 atom stereocenters. The van der Waals surface area contributed by atoms with E-state index in [1.165, 1.54) is 48.5 Å². The van der Waals surface area contributed by atoms with E-state index in [1.54, 1.807) is 4.90 Å². The fourth-order valence-corrected chi connectivity index (χ4v) is 3.55. The summed E-state index contributed by atoms with van der Waals surface area (Å²) in [5, 5.41) is 0. The number of rotatable bonds is 5. The molecule has 0 bridgehead atoms. The summed E-state index contributed by atoms with van der Waals surface area (Å²) in [6.07, 6.45) is 0. The van der Waals surface area contributed by atoms with E-state index in [0.717, 1.165) is 10.6 Å². The molecule has 0 unspecified atom stereocenters. The van der Waals surface area contributed by atoms with Gasteiger partial charge >= 0.3 is 0 Å². The molecule has 150 valence electrons. The maximum Gasteiger partial charge on any atom is 0.282 e. The van der Waals surface area contributed by atoms with E-state index in [1.807, 2.05) is 37.3 Å². The molecule has 4 rings (SSSR count). The number of anilines is 2. The first-order valence-corrected chi connectivity index (χ1v) is 9.48. The number of imide groups is 1. The molecule has 1 heterocycles. The summed E-state index contributed by atoms with van der Waals surface area (Å²) in [6, 6.07) is 19.8. The molecule has 3 aromatic carbocycles. The second-order valence-corrected chi connectivity index (χ2v) is 6.73. The molecule has 3 aromatic rings. The fourth-order valence-electron chi connectivity index (χ4n) is 3.55. The van der Waals surface area contributed by atoms with Crippen molar-refractivity contribution >= 4 is 28.8 Å². The van der Waals surface area contributed by atoms with E-state index in [0.29, 0.717) is 12.1 Å². The molecule has 0 spiro atoms. The van der Waals surface area contributed by atoms with E-state index >= 15 is 0 Å². The van der Waals surface area contributed by atoms with Crippen LogP contribution in [0.5, 0.6) is 0 Å². The molecule has 0 saturated heterocycles. The number of benzene rings is 3. The van der Waals surface area contributed by atoms with Gasteiger partial charge in [-0.05, 0) is 61.0 Å². The fraction of sp³-hybridized carbons (Fsp3) is 0.0833. The molecule has 6 heteroatoms. The predicted molar refractivity (Wildman–Crippen MR) is 112 cm³/mol. The van der Waals surface area contributed by atoms with Gasteiger partial charge in [-0.2, -0.15) is 0 Å². The van der Waals surface area contributed by atoms with Gasteiger partial charge in [0.05, 0.1) is 11.3 Å². The van der Waals surface area contributed by atoms with Gasteiger partial charge in [-0.3, -0.25) is 9.59 Å². The third-order valence-electron chi connectivity index (χ3n) is 4.93. The van der Waals surface area contributed by atoms with E-state index in [4.69, 9.17) is 0 Å². The van der Waals surface area contributed by atoms with Crippen molar-refractivity contribution in [3.63, 3.8) is 0 Å². The molecule has 0 saturated carbocycles. The number of carbonyl (C=O) groups is 2. The largest absolute Gasteiger partial charge is 0.337 e. The van der Waals surface area contributed by atoms with Gasteiger partial charge in [-0.25, -0.2) is 13.7 Å². The lowest BCUT2D eigenvalue weighted by molar-refractivity contribution is -0.120. The van der Waals surface area contributed by atoms with E-state index in [9.17, 15) is 18.4 Å². The molecule has 0 aromatic heterocycles. The molecule has 2 amide bonds. The van der Waals surface area contributed by atoms with Crippen molar-refractivity contribution in [3.05, 3.63) is 102 Å². The molecular formula is C24H18F2N2O2. The Hall–Kier alpha value is -3.80. The summed E-state index contributed by atoms with van der Waals surface area (Å²) in [5.74, 6) is -1.97. The summed E-state index contributed by atoms with van der Waals surface area (Å²) in [5.41, 5.74) is 1.82. The van der Waals surface area contributed by atoms with Crippen LogP contribution in [0.3, 0.4) is 0 Å². The van der Waals surface area contributed by atoms with Crippen LogP contribution >= 0.6 is 0 Å². The van der Waals surface area contributed by atoms with E-state index < -0.39 is 23.4 Å².